The lowest BCUT2D eigenvalue weighted by Gasteiger charge is -2.23. The van der Waals surface area contributed by atoms with Crippen LogP contribution in [0.15, 0.2) is 0 Å². The van der Waals surface area contributed by atoms with Crippen LogP contribution in [-0.2, 0) is 14.4 Å². The molecule has 6 heteroatoms. The highest BCUT2D eigenvalue weighted by Gasteiger charge is 2.37. The number of carbonyl (C=O) groups excluding carboxylic acids is 2. The first-order chi connectivity index (χ1) is 10.5. The van der Waals surface area contributed by atoms with Crippen LogP contribution in [0, 0.1) is 11.8 Å². The van der Waals surface area contributed by atoms with Crippen molar-refractivity contribution in [2.75, 3.05) is 13.1 Å². The highest BCUT2D eigenvalue weighted by molar-refractivity contribution is 5.85. The Hall–Kier alpha value is -1.59. The van der Waals surface area contributed by atoms with Crippen molar-refractivity contribution in [3.05, 3.63) is 0 Å². The van der Waals surface area contributed by atoms with Crippen molar-refractivity contribution in [3.8, 4) is 0 Å². The Morgan fingerprint density at radius 3 is 2.45 bits per heavy atom. The number of hydrogen-bond donors (Lipinski definition) is 2. The van der Waals surface area contributed by atoms with Crippen molar-refractivity contribution < 1.29 is 19.5 Å². The van der Waals surface area contributed by atoms with Crippen molar-refractivity contribution >= 4 is 17.8 Å². The molecule has 1 heterocycles. The number of carboxylic acids is 1. The standard InChI is InChI=1S/C16H26N2O4/c1-11-13(16(21)22)8-9-18(11)15(20)10-17-14(19)7-6-12-4-2-3-5-12/h11-13H,2-10H2,1H3,(H,17,19)(H,21,22). The Morgan fingerprint density at radius 2 is 1.86 bits per heavy atom. The van der Waals surface area contributed by atoms with Gasteiger partial charge >= 0.3 is 5.97 Å². The summed E-state index contributed by atoms with van der Waals surface area (Å²) in [6.07, 6.45) is 6.83. The summed E-state index contributed by atoms with van der Waals surface area (Å²) >= 11 is 0. The first-order valence-electron chi connectivity index (χ1n) is 8.28. The third-order valence-electron chi connectivity index (χ3n) is 5.08. The van der Waals surface area contributed by atoms with Gasteiger partial charge in [0.15, 0.2) is 0 Å². The van der Waals surface area contributed by atoms with Gasteiger partial charge in [-0.05, 0) is 25.7 Å². The Labute approximate surface area is 131 Å². The van der Waals surface area contributed by atoms with Crippen LogP contribution in [0.2, 0.25) is 0 Å². The van der Waals surface area contributed by atoms with E-state index in [1.165, 1.54) is 25.7 Å². The van der Waals surface area contributed by atoms with Crippen LogP contribution >= 0.6 is 0 Å². The molecule has 2 N–H and O–H groups in total. The molecule has 2 aliphatic rings. The zero-order valence-corrected chi connectivity index (χ0v) is 13.2. The van der Waals surface area contributed by atoms with Crippen molar-refractivity contribution in [1.29, 1.82) is 0 Å². The summed E-state index contributed by atoms with van der Waals surface area (Å²) in [7, 11) is 0. The fraction of sp³-hybridized carbons (Fsp3) is 0.812. The van der Waals surface area contributed by atoms with E-state index < -0.39 is 11.9 Å². The average Bonchev–Trinajstić information content (AvgIpc) is 3.11. The maximum absolute atomic E-state index is 12.1. The Bertz CT molecular complexity index is 432. The molecular formula is C16H26N2O4. The van der Waals surface area contributed by atoms with Gasteiger partial charge in [-0.15, -0.1) is 0 Å². The van der Waals surface area contributed by atoms with Gasteiger partial charge in [0.05, 0.1) is 12.5 Å². The van der Waals surface area contributed by atoms with Gasteiger partial charge in [-0.3, -0.25) is 14.4 Å². The minimum atomic E-state index is -0.858. The lowest BCUT2D eigenvalue weighted by molar-refractivity contribution is -0.143. The van der Waals surface area contributed by atoms with E-state index in [2.05, 4.69) is 5.32 Å². The van der Waals surface area contributed by atoms with Gasteiger partial charge in [0.1, 0.15) is 0 Å². The van der Waals surface area contributed by atoms with Crippen LogP contribution in [0.1, 0.15) is 51.9 Å². The van der Waals surface area contributed by atoms with E-state index in [4.69, 9.17) is 5.11 Å². The topological polar surface area (TPSA) is 86.7 Å². The van der Waals surface area contributed by atoms with Gasteiger partial charge in [-0.1, -0.05) is 25.7 Å². The molecule has 0 spiro atoms. The van der Waals surface area contributed by atoms with Gasteiger partial charge < -0.3 is 15.3 Å². The monoisotopic (exact) mass is 310 g/mol. The quantitative estimate of drug-likeness (QED) is 0.776. The highest BCUT2D eigenvalue weighted by atomic mass is 16.4. The molecule has 2 rings (SSSR count). The second-order valence-corrected chi connectivity index (χ2v) is 6.53. The largest absolute Gasteiger partial charge is 0.481 e. The number of hydrogen-bond acceptors (Lipinski definition) is 3. The summed E-state index contributed by atoms with van der Waals surface area (Å²) in [6, 6.07) is -0.305. The lowest BCUT2D eigenvalue weighted by Crippen LogP contribution is -2.43. The zero-order chi connectivity index (χ0) is 16.1. The predicted octanol–water partition coefficient (Wildman–Crippen LogP) is 1.39. The summed E-state index contributed by atoms with van der Waals surface area (Å²) in [5, 5.41) is 11.7. The van der Waals surface area contributed by atoms with E-state index in [0.29, 0.717) is 25.3 Å². The van der Waals surface area contributed by atoms with E-state index in [0.717, 1.165) is 6.42 Å². The molecule has 22 heavy (non-hydrogen) atoms. The molecule has 2 fully saturated rings. The fourth-order valence-corrected chi connectivity index (χ4v) is 3.62. The second-order valence-electron chi connectivity index (χ2n) is 6.53. The SMILES string of the molecule is CC1C(C(=O)O)CCN1C(=O)CNC(=O)CCC1CCCC1. The van der Waals surface area contributed by atoms with Gasteiger partial charge in [-0.25, -0.2) is 0 Å². The second kappa shape index (κ2) is 7.61. The van der Waals surface area contributed by atoms with Crippen molar-refractivity contribution in [3.63, 3.8) is 0 Å². The van der Waals surface area contributed by atoms with Crippen molar-refractivity contribution in [2.24, 2.45) is 11.8 Å². The number of carboxylic acid groups (broad SMARTS) is 1. The summed E-state index contributed by atoms with van der Waals surface area (Å²) < 4.78 is 0. The molecule has 2 atom stereocenters. The average molecular weight is 310 g/mol. The third kappa shape index (κ3) is 4.21. The van der Waals surface area contributed by atoms with Crippen LogP contribution in [-0.4, -0.2) is 46.9 Å². The first-order valence-corrected chi connectivity index (χ1v) is 8.28. The van der Waals surface area contributed by atoms with Crippen LogP contribution in [0.5, 0.6) is 0 Å². The van der Waals surface area contributed by atoms with Crippen molar-refractivity contribution in [2.45, 2.75) is 57.9 Å². The van der Waals surface area contributed by atoms with Gasteiger partial charge in [0, 0.05) is 19.0 Å². The van der Waals surface area contributed by atoms with Crippen LogP contribution < -0.4 is 5.32 Å². The molecule has 0 bridgehead atoms. The normalized spacial score (nSPS) is 25.4. The number of rotatable bonds is 6. The molecule has 1 aliphatic heterocycles. The van der Waals surface area contributed by atoms with Crippen LogP contribution in [0.3, 0.4) is 0 Å². The number of nitrogens with one attached hydrogen (secondary N) is 1. The summed E-state index contributed by atoms with van der Waals surface area (Å²) in [5.74, 6) is -0.964. The molecule has 0 radical (unpaired) electrons. The number of amides is 2. The summed E-state index contributed by atoms with van der Waals surface area (Å²) in [5.41, 5.74) is 0. The van der Waals surface area contributed by atoms with Gasteiger partial charge in [-0.2, -0.15) is 0 Å². The number of nitrogens with zero attached hydrogens (tertiary/aromatic N) is 1. The fourth-order valence-electron chi connectivity index (χ4n) is 3.62. The maximum atomic E-state index is 12.1. The van der Waals surface area contributed by atoms with Gasteiger partial charge in [0.2, 0.25) is 11.8 Å². The molecule has 0 aromatic rings. The van der Waals surface area contributed by atoms with Crippen molar-refractivity contribution in [1.82, 2.24) is 10.2 Å². The van der Waals surface area contributed by atoms with E-state index in [9.17, 15) is 14.4 Å². The minimum absolute atomic E-state index is 0.0276. The maximum Gasteiger partial charge on any atom is 0.308 e. The third-order valence-corrected chi connectivity index (χ3v) is 5.08. The molecule has 1 saturated heterocycles. The van der Waals surface area contributed by atoms with E-state index in [1.807, 2.05) is 0 Å². The smallest absolute Gasteiger partial charge is 0.308 e. The highest BCUT2D eigenvalue weighted by Crippen LogP contribution is 2.28. The lowest BCUT2D eigenvalue weighted by atomic mass is 10.0. The zero-order valence-electron chi connectivity index (χ0n) is 13.2. The summed E-state index contributed by atoms with van der Waals surface area (Å²) in [4.78, 5) is 36.5. The Balaban J connectivity index is 1.68. The molecule has 0 aromatic heterocycles. The molecule has 0 aromatic carbocycles. The van der Waals surface area contributed by atoms with Crippen LogP contribution in [0.4, 0.5) is 0 Å². The number of carbonyl (C=O) groups is 3. The molecule has 6 nitrogen and oxygen atoms in total. The first kappa shape index (κ1) is 16.8. The molecule has 1 aliphatic carbocycles. The molecular weight excluding hydrogens is 284 g/mol. The number of aliphatic carboxylic acids is 1. The Morgan fingerprint density at radius 1 is 1.18 bits per heavy atom. The van der Waals surface area contributed by atoms with E-state index >= 15 is 0 Å². The number of likely N-dealkylation sites (tertiary alicyclic amines) is 1. The molecule has 1 saturated carbocycles. The predicted molar refractivity (Wildman–Crippen MR) is 81.1 cm³/mol. The minimum Gasteiger partial charge on any atom is -0.481 e. The van der Waals surface area contributed by atoms with E-state index in [1.54, 1.807) is 11.8 Å². The molecule has 2 unspecified atom stereocenters. The van der Waals surface area contributed by atoms with Crippen LogP contribution in [0.25, 0.3) is 0 Å². The molecule has 2 amide bonds. The Kier molecular flexibility index (Phi) is 5.80. The van der Waals surface area contributed by atoms with E-state index in [-0.39, 0.29) is 24.4 Å². The van der Waals surface area contributed by atoms with Gasteiger partial charge in [0.25, 0.3) is 0 Å². The molecule has 124 valence electrons. The summed E-state index contributed by atoms with van der Waals surface area (Å²) in [6.45, 7) is 2.18.